The minimum Gasteiger partial charge on any atom is -0.383 e. The molecule has 1 rings (SSSR count). The van der Waals surface area contributed by atoms with Crippen molar-refractivity contribution in [3.05, 3.63) is 0 Å². The Labute approximate surface area is 106 Å². The minimum absolute atomic E-state index is 0.386. The van der Waals surface area contributed by atoms with Gasteiger partial charge in [0.05, 0.1) is 6.61 Å². The molecule has 0 amide bonds. The topological polar surface area (TPSA) is 33.7 Å². The lowest BCUT2D eigenvalue weighted by Gasteiger charge is -2.40. The zero-order valence-corrected chi connectivity index (χ0v) is 11.6. The summed E-state index contributed by atoms with van der Waals surface area (Å²) in [6, 6.07) is 0. The predicted molar refractivity (Wildman–Crippen MR) is 70.4 cm³/mol. The van der Waals surface area contributed by atoms with Gasteiger partial charge in [0.2, 0.25) is 0 Å². The van der Waals surface area contributed by atoms with E-state index in [4.69, 9.17) is 9.47 Å². The Morgan fingerprint density at radius 1 is 1.35 bits per heavy atom. The summed E-state index contributed by atoms with van der Waals surface area (Å²) >= 11 is 0. The van der Waals surface area contributed by atoms with Gasteiger partial charge in [-0.3, -0.25) is 0 Å². The summed E-state index contributed by atoms with van der Waals surface area (Å²) < 4.78 is 10.6. The van der Waals surface area contributed by atoms with Gasteiger partial charge in [0.15, 0.2) is 0 Å². The van der Waals surface area contributed by atoms with Crippen molar-refractivity contribution in [2.75, 3.05) is 60.2 Å². The summed E-state index contributed by atoms with van der Waals surface area (Å²) in [6.45, 7) is 9.07. The molecule has 0 unspecified atom stereocenters. The molecule has 0 aromatic rings. The molecule has 0 saturated carbocycles. The molecule has 102 valence electrons. The predicted octanol–water partition coefficient (Wildman–Crippen LogP) is 0.971. The van der Waals surface area contributed by atoms with Crippen LogP contribution in [0.3, 0.4) is 0 Å². The number of rotatable bonds is 8. The number of hydrogen-bond acceptors (Lipinski definition) is 4. The van der Waals surface area contributed by atoms with Crippen molar-refractivity contribution in [3.8, 4) is 0 Å². The first-order valence-corrected chi connectivity index (χ1v) is 6.68. The fourth-order valence-corrected chi connectivity index (χ4v) is 2.48. The molecule has 1 aliphatic rings. The number of nitrogens with zero attached hydrogens (tertiary/aromatic N) is 1. The molecule has 0 aliphatic carbocycles. The van der Waals surface area contributed by atoms with Crippen LogP contribution in [0.1, 0.15) is 19.8 Å². The van der Waals surface area contributed by atoms with E-state index in [0.717, 1.165) is 58.8 Å². The molecule has 1 N–H and O–H groups in total. The summed E-state index contributed by atoms with van der Waals surface area (Å²) in [5, 5.41) is 3.51. The van der Waals surface area contributed by atoms with Gasteiger partial charge >= 0.3 is 0 Å². The largest absolute Gasteiger partial charge is 0.383 e. The van der Waals surface area contributed by atoms with Crippen LogP contribution in [0, 0.1) is 5.41 Å². The average Bonchev–Trinajstić information content (AvgIpc) is 2.35. The zero-order chi connectivity index (χ0) is 12.6. The fourth-order valence-electron chi connectivity index (χ4n) is 2.48. The zero-order valence-electron chi connectivity index (χ0n) is 11.6. The minimum atomic E-state index is 0.386. The maximum Gasteiger partial charge on any atom is 0.0589 e. The van der Waals surface area contributed by atoms with Crippen LogP contribution in [-0.4, -0.2) is 65.1 Å². The Kier molecular flexibility index (Phi) is 7.04. The molecule has 1 aliphatic heterocycles. The van der Waals surface area contributed by atoms with E-state index in [1.54, 1.807) is 7.11 Å². The third kappa shape index (κ3) is 5.34. The maximum atomic E-state index is 5.50. The summed E-state index contributed by atoms with van der Waals surface area (Å²) in [5.41, 5.74) is 0.386. The molecule has 0 radical (unpaired) electrons. The Morgan fingerprint density at radius 3 is 2.65 bits per heavy atom. The molecule has 0 bridgehead atoms. The molecule has 4 heteroatoms. The van der Waals surface area contributed by atoms with Crippen molar-refractivity contribution >= 4 is 0 Å². The van der Waals surface area contributed by atoms with Gasteiger partial charge in [0.1, 0.15) is 0 Å². The smallest absolute Gasteiger partial charge is 0.0589 e. The van der Waals surface area contributed by atoms with Gasteiger partial charge in [0, 0.05) is 40.0 Å². The Hall–Kier alpha value is -0.160. The van der Waals surface area contributed by atoms with Crippen molar-refractivity contribution in [1.82, 2.24) is 10.2 Å². The van der Waals surface area contributed by atoms with E-state index in [1.165, 1.54) is 0 Å². The number of ether oxygens (including phenoxy) is 2. The summed E-state index contributed by atoms with van der Waals surface area (Å²) in [7, 11) is 3.94. The molecule has 1 heterocycles. The van der Waals surface area contributed by atoms with E-state index >= 15 is 0 Å². The van der Waals surface area contributed by atoms with E-state index in [0.29, 0.717) is 5.41 Å². The molecular formula is C13H28N2O2. The number of likely N-dealkylation sites (N-methyl/N-ethyl adjacent to an activating group) is 1. The summed E-state index contributed by atoms with van der Waals surface area (Å²) in [6.07, 6.45) is 2.33. The van der Waals surface area contributed by atoms with E-state index in [9.17, 15) is 0 Å². The quantitative estimate of drug-likeness (QED) is 0.690. The fraction of sp³-hybridized carbons (Fsp3) is 1.00. The van der Waals surface area contributed by atoms with Gasteiger partial charge < -0.3 is 19.7 Å². The van der Waals surface area contributed by atoms with Crippen LogP contribution in [0.15, 0.2) is 0 Å². The normalized spacial score (nSPS) is 19.8. The second kappa shape index (κ2) is 8.03. The van der Waals surface area contributed by atoms with Crippen molar-refractivity contribution in [3.63, 3.8) is 0 Å². The standard InChI is InChI=1S/C13H28N2O2/c1-4-14-11-13(5-8-17-9-6-13)12-15(2)7-10-16-3/h14H,4-12H2,1-3H3. The average molecular weight is 244 g/mol. The lowest BCUT2D eigenvalue weighted by molar-refractivity contribution is -0.00296. The Balaban J connectivity index is 2.44. The van der Waals surface area contributed by atoms with Crippen LogP contribution < -0.4 is 5.32 Å². The lowest BCUT2D eigenvalue weighted by Crippen LogP contribution is -2.47. The van der Waals surface area contributed by atoms with Crippen molar-refractivity contribution in [1.29, 1.82) is 0 Å². The van der Waals surface area contributed by atoms with Crippen LogP contribution >= 0.6 is 0 Å². The van der Waals surface area contributed by atoms with Crippen molar-refractivity contribution < 1.29 is 9.47 Å². The van der Waals surface area contributed by atoms with Crippen molar-refractivity contribution in [2.45, 2.75) is 19.8 Å². The second-order valence-corrected chi connectivity index (χ2v) is 5.12. The Bertz CT molecular complexity index is 194. The van der Waals surface area contributed by atoms with E-state index < -0.39 is 0 Å². The molecular weight excluding hydrogens is 216 g/mol. The highest BCUT2D eigenvalue weighted by Gasteiger charge is 2.33. The molecule has 1 saturated heterocycles. The molecule has 4 nitrogen and oxygen atoms in total. The highest BCUT2D eigenvalue weighted by Crippen LogP contribution is 2.30. The van der Waals surface area contributed by atoms with Crippen LogP contribution in [0.4, 0.5) is 0 Å². The van der Waals surface area contributed by atoms with Crippen molar-refractivity contribution in [2.24, 2.45) is 5.41 Å². The summed E-state index contributed by atoms with van der Waals surface area (Å²) in [5.74, 6) is 0. The molecule has 0 aromatic heterocycles. The first-order valence-electron chi connectivity index (χ1n) is 6.68. The molecule has 0 spiro atoms. The van der Waals surface area contributed by atoms with Gasteiger partial charge in [0.25, 0.3) is 0 Å². The van der Waals surface area contributed by atoms with Gasteiger partial charge in [-0.2, -0.15) is 0 Å². The lowest BCUT2D eigenvalue weighted by atomic mass is 9.79. The SMILES string of the molecule is CCNCC1(CN(C)CCOC)CCOCC1. The van der Waals surface area contributed by atoms with Crippen LogP contribution in [0.25, 0.3) is 0 Å². The second-order valence-electron chi connectivity index (χ2n) is 5.12. The van der Waals surface area contributed by atoms with Crippen LogP contribution in [-0.2, 0) is 9.47 Å². The van der Waals surface area contributed by atoms with Gasteiger partial charge in [-0.05, 0) is 31.8 Å². The van der Waals surface area contributed by atoms with E-state index in [-0.39, 0.29) is 0 Å². The third-order valence-corrected chi connectivity index (χ3v) is 3.59. The third-order valence-electron chi connectivity index (χ3n) is 3.59. The van der Waals surface area contributed by atoms with Crippen LogP contribution in [0.5, 0.6) is 0 Å². The first kappa shape index (κ1) is 14.9. The van der Waals surface area contributed by atoms with Gasteiger partial charge in [-0.15, -0.1) is 0 Å². The first-order chi connectivity index (χ1) is 8.22. The van der Waals surface area contributed by atoms with E-state index in [2.05, 4.69) is 24.2 Å². The van der Waals surface area contributed by atoms with Gasteiger partial charge in [-0.1, -0.05) is 6.92 Å². The molecule has 0 aromatic carbocycles. The molecule has 17 heavy (non-hydrogen) atoms. The van der Waals surface area contributed by atoms with Gasteiger partial charge in [-0.25, -0.2) is 0 Å². The monoisotopic (exact) mass is 244 g/mol. The number of methoxy groups -OCH3 is 1. The number of hydrogen-bond donors (Lipinski definition) is 1. The summed E-state index contributed by atoms with van der Waals surface area (Å²) in [4.78, 5) is 2.38. The maximum absolute atomic E-state index is 5.50. The van der Waals surface area contributed by atoms with Crippen LogP contribution in [0.2, 0.25) is 0 Å². The van der Waals surface area contributed by atoms with E-state index in [1.807, 2.05) is 0 Å². The molecule has 0 atom stereocenters. The highest BCUT2D eigenvalue weighted by molar-refractivity contribution is 4.86. The molecule has 1 fully saturated rings. The Morgan fingerprint density at radius 2 is 2.06 bits per heavy atom. The number of nitrogens with one attached hydrogen (secondary N) is 1. The highest BCUT2D eigenvalue weighted by atomic mass is 16.5.